The molecular weight excluding hydrogens is 423 g/mol. The molecule has 1 amide bonds. The number of para-hydroxylation sites is 1. The molecule has 0 bridgehead atoms. The van der Waals surface area contributed by atoms with E-state index in [4.69, 9.17) is 9.90 Å². The van der Waals surface area contributed by atoms with Crippen LogP contribution in [0.4, 0.5) is 18.9 Å². The number of carbonyl (C=O) groups is 2. The Morgan fingerprint density at radius 3 is 2.62 bits per heavy atom. The average Bonchev–Trinajstić information content (AvgIpc) is 2.77. The molecular formula is C23H26F3N3O3. The Kier molecular flexibility index (Phi) is 7.40. The molecule has 0 radical (unpaired) electrons. The third-order valence-electron chi connectivity index (χ3n) is 5.73. The number of carboxylic acid groups (broad SMARTS) is 1. The van der Waals surface area contributed by atoms with Crippen LogP contribution in [0, 0.1) is 0 Å². The van der Waals surface area contributed by atoms with Crippen molar-refractivity contribution >= 4 is 17.6 Å². The first-order valence-corrected chi connectivity index (χ1v) is 10.4. The number of alkyl halides is 3. The quantitative estimate of drug-likeness (QED) is 0.671. The summed E-state index contributed by atoms with van der Waals surface area (Å²) in [7, 11) is 2.09. The maximum absolute atomic E-state index is 12.9. The highest BCUT2D eigenvalue weighted by molar-refractivity contribution is 5.86. The van der Waals surface area contributed by atoms with Crippen molar-refractivity contribution in [2.45, 2.75) is 38.0 Å². The molecule has 2 aliphatic heterocycles. The normalized spacial score (nSPS) is 17.4. The van der Waals surface area contributed by atoms with Gasteiger partial charge in [0.05, 0.1) is 5.92 Å². The third kappa shape index (κ3) is 5.59. The summed E-state index contributed by atoms with van der Waals surface area (Å²) in [6.45, 7) is 3.48. The number of aliphatic carboxylic acids is 1. The van der Waals surface area contributed by atoms with Gasteiger partial charge in [-0.1, -0.05) is 36.4 Å². The van der Waals surface area contributed by atoms with Gasteiger partial charge in [0, 0.05) is 32.4 Å². The van der Waals surface area contributed by atoms with Crippen molar-refractivity contribution in [2.75, 3.05) is 25.0 Å². The maximum Gasteiger partial charge on any atom is 0.490 e. The number of amides is 1. The fraction of sp³-hybridized carbons (Fsp3) is 0.391. The van der Waals surface area contributed by atoms with Gasteiger partial charge in [0.15, 0.2) is 0 Å². The van der Waals surface area contributed by atoms with Crippen LogP contribution in [0.3, 0.4) is 0 Å². The number of anilines is 1. The van der Waals surface area contributed by atoms with Gasteiger partial charge >= 0.3 is 12.1 Å². The van der Waals surface area contributed by atoms with Gasteiger partial charge < -0.3 is 20.6 Å². The van der Waals surface area contributed by atoms with Gasteiger partial charge in [-0.05, 0) is 47.7 Å². The number of rotatable bonds is 3. The van der Waals surface area contributed by atoms with Crippen LogP contribution in [0.1, 0.15) is 34.6 Å². The number of benzene rings is 2. The first kappa shape index (κ1) is 23.6. The maximum atomic E-state index is 12.9. The van der Waals surface area contributed by atoms with Gasteiger partial charge in [-0.3, -0.25) is 4.79 Å². The van der Waals surface area contributed by atoms with E-state index in [-0.39, 0.29) is 11.8 Å². The van der Waals surface area contributed by atoms with E-state index in [9.17, 15) is 18.0 Å². The number of carbonyl (C=O) groups excluding carboxylic acids is 1. The molecule has 0 aliphatic carbocycles. The lowest BCUT2D eigenvalue weighted by Gasteiger charge is -2.32. The Morgan fingerprint density at radius 1 is 1.19 bits per heavy atom. The monoisotopic (exact) mass is 449 g/mol. The number of hydrogen-bond acceptors (Lipinski definition) is 4. The predicted molar refractivity (Wildman–Crippen MR) is 114 cm³/mol. The summed E-state index contributed by atoms with van der Waals surface area (Å²) in [6.07, 6.45) is -3.17. The highest BCUT2D eigenvalue weighted by Gasteiger charge is 2.38. The zero-order valence-corrected chi connectivity index (χ0v) is 17.7. The molecule has 0 aromatic heterocycles. The number of carboxylic acids is 1. The average molecular weight is 449 g/mol. The molecule has 0 saturated carbocycles. The summed E-state index contributed by atoms with van der Waals surface area (Å²) in [5.41, 5.74) is 6.35. The van der Waals surface area contributed by atoms with Crippen molar-refractivity contribution in [3.05, 3.63) is 64.7 Å². The number of nitrogens with one attached hydrogen (secondary N) is 2. The largest absolute Gasteiger partial charge is 0.490 e. The van der Waals surface area contributed by atoms with Gasteiger partial charge in [-0.2, -0.15) is 13.2 Å². The molecule has 2 aromatic carbocycles. The molecule has 4 rings (SSSR count). The number of halogens is 3. The van der Waals surface area contributed by atoms with Crippen LogP contribution in [0.25, 0.3) is 0 Å². The van der Waals surface area contributed by atoms with Crippen LogP contribution in [-0.2, 0) is 29.1 Å². The highest BCUT2D eigenvalue weighted by Crippen LogP contribution is 2.34. The summed E-state index contributed by atoms with van der Waals surface area (Å²) < 4.78 is 31.7. The lowest BCUT2D eigenvalue weighted by molar-refractivity contribution is -0.192. The molecule has 2 heterocycles. The van der Waals surface area contributed by atoms with Gasteiger partial charge in [0.25, 0.3) is 0 Å². The molecule has 0 fully saturated rings. The van der Waals surface area contributed by atoms with Crippen LogP contribution in [-0.4, -0.2) is 43.3 Å². The van der Waals surface area contributed by atoms with Crippen LogP contribution >= 0.6 is 0 Å². The first-order valence-electron chi connectivity index (χ1n) is 10.4. The van der Waals surface area contributed by atoms with Gasteiger partial charge in [0.2, 0.25) is 5.91 Å². The highest BCUT2D eigenvalue weighted by atomic mass is 19.4. The number of hydrogen-bond donors (Lipinski definition) is 3. The SMILES string of the molecule is CN1CCC(C(=O)NCc2cccc3c2CCNC3)c2ccccc21.O=C(O)C(F)(F)F. The fourth-order valence-corrected chi connectivity index (χ4v) is 4.08. The molecule has 9 heteroatoms. The minimum Gasteiger partial charge on any atom is -0.475 e. The van der Waals surface area contributed by atoms with Crippen molar-refractivity contribution in [1.29, 1.82) is 0 Å². The Labute approximate surface area is 184 Å². The summed E-state index contributed by atoms with van der Waals surface area (Å²) in [4.78, 5) is 24.0. The number of fused-ring (bicyclic) bond motifs is 2. The zero-order valence-electron chi connectivity index (χ0n) is 17.7. The Balaban J connectivity index is 0.000000360. The molecule has 2 aliphatic rings. The Morgan fingerprint density at radius 2 is 1.91 bits per heavy atom. The van der Waals surface area contributed by atoms with Gasteiger partial charge in [-0.25, -0.2) is 4.79 Å². The van der Waals surface area contributed by atoms with E-state index in [1.165, 1.54) is 22.4 Å². The van der Waals surface area contributed by atoms with Gasteiger partial charge in [-0.15, -0.1) is 0 Å². The van der Waals surface area contributed by atoms with E-state index in [2.05, 4.69) is 52.9 Å². The van der Waals surface area contributed by atoms with E-state index in [1.54, 1.807) is 0 Å². The van der Waals surface area contributed by atoms with E-state index >= 15 is 0 Å². The second kappa shape index (κ2) is 10.0. The Hall–Kier alpha value is -3.07. The molecule has 172 valence electrons. The lowest BCUT2D eigenvalue weighted by atomic mass is 9.89. The summed E-state index contributed by atoms with van der Waals surface area (Å²) in [6, 6.07) is 14.7. The smallest absolute Gasteiger partial charge is 0.475 e. The zero-order chi connectivity index (χ0) is 23.3. The van der Waals surface area contributed by atoms with Crippen molar-refractivity contribution in [3.63, 3.8) is 0 Å². The molecule has 2 aromatic rings. The standard InChI is InChI=1S/C21H25N3O.C2HF3O2/c1-24-12-10-19(18-7-2-3-8-20(18)24)21(25)23-14-16-6-4-5-15-13-22-11-9-17(15)16;3-2(4,5)1(6)7/h2-8,19,22H,9-14H2,1H3,(H,23,25);(H,6,7). The Bertz CT molecular complexity index is 978. The topological polar surface area (TPSA) is 81.7 Å². The molecule has 1 unspecified atom stereocenters. The fourth-order valence-electron chi connectivity index (χ4n) is 4.08. The van der Waals surface area contributed by atoms with Crippen LogP contribution in [0.2, 0.25) is 0 Å². The summed E-state index contributed by atoms with van der Waals surface area (Å²) in [5, 5.41) is 13.7. The van der Waals surface area contributed by atoms with Crippen molar-refractivity contribution in [3.8, 4) is 0 Å². The molecule has 1 atom stereocenters. The summed E-state index contributed by atoms with van der Waals surface area (Å²) >= 11 is 0. The lowest BCUT2D eigenvalue weighted by Crippen LogP contribution is -2.36. The molecule has 0 spiro atoms. The van der Waals surface area contributed by atoms with Crippen LogP contribution in [0.5, 0.6) is 0 Å². The van der Waals surface area contributed by atoms with Crippen molar-refractivity contribution in [2.24, 2.45) is 0 Å². The van der Waals surface area contributed by atoms with E-state index < -0.39 is 12.1 Å². The van der Waals surface area contributed by atoms with Crippen molar-refractivity contribution < 1.29 is 27.9 Å². The third-order valence-corrected chi connectivity index (χ3v) is 5.73. The second-order valence-corrected chi connectivity index (χ2v) is 7.82. The van der Waals surface area contributed by atoms with Crippen LogP contribution in [0.15, 0.2) is 42.5 Å². The predicted octanol–water partition coefficient (Wildman–Crippen LogP) is 3.21. The molecule has 6 nitrogen and oxygen atoms in total. The van der Waals surface area contributed by atoms with Crippen molar-refractivity contribution in [1.82, 2.24) is 10.6 Å². The summed E-state index contributed by atoms with van der Waals surface area (Å²) in [5.74, 6) is -2.66. The second-order valence-electron chi connectivity index (χ2n) is 7.82. The van der Waals surface area contributed by atoms with E-state index in [0.717, 1.165) is 38.0 Å². The first-order chi connectivity index (χ1) is 15.2. The minimum absolute atomic E-state index is 0.0476. The molecule has 32 heavy (non-hydrogen) atoms. The van der Waals surface area contributed by atoms with Gasteiger partial charge in [0.1, 0.15) is 0 Å². The van der Waals surface area contributed by atoms with E-state index in [0.29, 0.717) is 6.54 Å². The minimum atomic E-state index is -5.08. The van der Waals surface area contributed by atoms with E-state index in [1.807, 2.05) is 12.1 Å². The molecule has 0 saturated heterocycles. The molecule has 3 N–H and O–H groups in total. The van der Waals surface area contributed by atoms with Crippen LogP contribution < -0.4 is 15.5 Å². The number of nitrogens with zero attached hydrogens (tertiary/aromatic N) is 1.